The molecule has 7 nitrogen and oxygen atoms in total. The third-order valence-electron chi connectivity index (χ3n) is 3.47. The van der Waals surface area contributed by atoms with Gasteiger partial charge in [0.1, 0.15) is 0 Å². The Morgan fingerprint density at radius 3 is 2.39 bits per heavy atom. The minimum absolute atomic E-state index is 0.0532. The zero-order valence-electron chi connectivity index (χ0n) is 13.5. The van der Waals surface area contributed by atoms with Crippen LogP contribution in [0.1, 0.15) is 26.3 Å². The molecule has 0 unspecified atom stereocenters. The summed E-state index contributed by atoms with van der Waals surface area (Å²) in [7, 11) is 0. The summed E-state index contributed by atoms with van der Waals surface area (Å²) in [5.74, 6) is -0.394. The van der Waals surface area contributed by atoms with E-state index < -0.39 is 18.0 Å². The minimum atomic E-state index is -0.671. The van der Waals surface area contributed by atoms with Crippen molar-refractivity contribution in [3.05, 3.63) is 29.8 Å². The number of ether oxygens (including phenoxy) is 1. The predicted octanol–water partition coefficient (Wildman–Crippen LogP) is 2.08. The highest BCUT2D eigenvalue weighted by Gasteiger charge is 2.30. The quantitative estimate of drug-likeness (QED) is 0.889. The van der Waals surface area contributed by atoms with Crippen molar-refractivity contribution in [1.29, 1.82) is 0 Å². The van der Waals surface area contributed by atoms with Gasteiger partial charge < -0.3 is 15.4 Å². The van der Waals surface area contributed by atoms with Gasteiger partial charge >= 0.3 is 12.1 Å². The minimum Gasteiger partial charge on any atom is -0.439 e. The Morgan fingerprint density at radius 2 is 1.87 bits per heavy atom. The first kappa shape index (κ1) is 16.8. The Balaban J connectivity index is 1.79. The van der Waals surface area contributed by atoms with Gasteiger partial charge in [-0.25, -0.2) is 14.5 Å². The third-order valence-corrected chi connectivity index (χ3v) is 3.47. The molecule has 2 N–H and O–H groups in total. The van der Waals surface area contributed by atoms with Crippen molar-refractivity contribution in [2.75, 3.05) is 25.0 Å². The highest BCUT2D eigenvalue weighted by molar-refractivity contribution is 5.97. The molecule has 0 bridgehead atoms. The average Bonchev–Trinajstić information content (AvgIpc) is 2.78. The topological polar surface area (TPSA) is 87.7 Å². The van der Waals surface area contributed by atoms with Crippen LogP contribution >= 0.6 is 0 Å². The van der Waals surface area contributed by atoms with Crippen LogP contribution in [0.25, 0.3) is 0 Å². The molecule has 7 heteroatoms. The third kappa shape index (κ3) is 4.45. The van der Waals surface area contributed by atoms with Crippen molar-refractivity contribution < 1.29 is 19.1 Å². The van der Waals surface area contributed by atoms with Crippen molar-refractivity contribution in [3.8, 4) is 0 Å². The van der Waals surface area contributed by atoms with Crippen LogP contribution in [-0.2, 0) is 14.9 Å². The predicted molar refractivity (Wildman–Crippen MR) is 85.2 cm³/mol. The van der Waals surface area contributed by atoms with E-state index in [4.69, 9.17) is 0 Å². The highest BCUT2D eigenvalue weighted by atomic mass is 16.6. The second-order valence-electron chi connectivity index (χ2n) is 6.31. The number of hydrogen-bond acceptors (Lipinski definition) is 4. The molecule has 1 saturated heterocycles. The fourth-order valence-corrected chi connectivity index (χ4v) is 2.11. The first-order chi connectivity index (χ1) is 10.8. The lowest BCUT2D eigenvalue weighted by Crippen LogP contribution is -2.39. The molecule has 1 fully saturated rings. The molecule has 23 heavy (non-hydrogen) atoms. The van der Waals surface area contributed by atoms with Gasteiger partial charge in [0.2, 0.25) is 0 Å². The number of amides is 4. The molecular weight excluding hydrogens is 298 g/mol. The molecule has 0 aromatic heterocycles. The highest BCUT2D eigenvalue weighted by Crippen LogP contribution is 2.23. The SMILES string of the molecule is CC(C)(C)c1ccc(NC(=O)NCCN2C(=O)COC2=O)cc1. The Kier molecular flexibility index (Phi) is 4.88. The first-order valence-corrected chi connectivity index (χ1v) is 7.40. The molecule has 1 heterocycles. The van der Waals surface area contributed by atoms with E-state index in [1.807, 2.05) is 24.3 Å². The molecule has 0 spiro atoms. The second kappa shape index (κ2) is 6.68. The Hall–Kier alpha value is -2.57. The van der Waals surface area contributed by atoms with E-state index >= 15 is 0 Å². The fraction of sp³-hybridized carbons (Fsp3) is 0.438. The Labute approximate surface area is 135 Å². The lowest BCUT2D eigenvalue weighted by molar-refractivity contribution is -0.125. The molecule has 124 valence electrons. The van der Waals surface area contributed by atoms with E-state index in [1.54, 1.807) is 0 Å². The summed E-state index contributed by atoms with van der Waals surface area (Å²) in [5.41, 5.74) is 1.90. The van der Waals surface area contributed by atoms with Crippen LogP contribution in [0.15, 0.2) is 24.3 Å². The van der Waals surface area contributed by atoms with Gasteiger partial charge in [-0.1, -0.05) is 32.9 Å². The van der Waals surface area contributed by atoms with Crippen molar-refractivity contribution in [3.63, 3.8) is 0 Å². The van der Waals surface area contributed by atoms with Gasteiger partial charge in [-0.2, -0.15) is 0 Å². The molecule has 0 atom stereocenters. The molecule has 2 rings (SSSR count). The van der Waals surface area contributed by atoms with Gasteiger partial charge in [-0.15, -0.1) is 0 Å². The number of cyclic esters (lactones) is 1. The van der Waals surface area contributed by atoms with E-state index in [-0.39, 0.29) is 25.1 Å². The Bertz CT molecular complexity index is 589. The summed E-state index contributed by atoms with van der Waals surface area (Å²) in [5, 5.41) is 5.29. The summed E-state index contributed by atoms with van der Waals surface area (Å²) >= 11 is 0. The zero-order valence-corrected chi connectivity index (χ0v) is 13.5. The first-order valence-electron chi connectivity index (χ1n) is 7.40. The molecule has 4 amide bonds. The van der Waals surface area contributed by atoms with Gasteiger partial charge in [0.15, 0.2) is 6.61 Å². The van der Waals surface area contributed by atoms with Gasteiger partial charge in [0.25, 0.3) is 5.91 Å². The lowest BCUT2D eigenvalue weighted by Gasteiger charge is -2.19. The van der Waals surface area contributed by atoms with Gasteiger partial charge in [0, 0.05) is 18.8 Å². The molecule has 1 aliphatic rings. The van der Waals surface area contributed by atoms with Crippen LogP contribution in [0.4, 0.5) is 15.3 Å². The molecule has 0 saturated carbocycles. The van der Waals surface area contributed by atoms with E-state index in [9.17, 15) is 14.4 Å². The summed E-state index contributed by atoms with van der Waals surface area (Å²) in [6, 6.07) is 7.21. The number of urea groups is 1. The number of nitrogens with zero attached hydrogens (tertiary/aromatic N) is 1. The number of nitrogens with one attached hydrogen (secondary N) is 2. The molecule has 0 aliphatic carbocycles. The number of benzene rings is 1. The van der Waals surface area contributed by atoms with E-state index in [0.29, 0.717) is 5.69 Å². The van der Waals surface area contributed by atoms with Crippen LogP contribution in [0.3, 0.4) is 0 Å². The van der Waals surface area contributed by atoms with Crippen LogP contribution < -0.4 is 10.6 Å². The van der Waals surface area contributed by atoms with Gasteiger partial charge in [0.05, 0.1) is 0 Å². The Morgan fingerprint density at radius 1 is 1.22 bits per heavy atom. The van der Waals surface area contributed by atoms with E-state index in [0.717, 1.165) is 4.90 Å². The molecular formula is C16H21N3O4. The summed E-state index contributed by atoms with van der Waals surface area (Å²) in [6.45, 7) is 6.37. The molecule has 1 aromatic rings. The monoisotopic (exact) mass is 319 g/mol. The van der Waals surface area contributed by atoms with Crippen molar-refractivity contribution in [2.45, 2.75) is 26.2 Å². The number of carbonyl (C=O) groups excluding carboxylic acids is 3. The molecule has 1 aromatic carbocycles. The van der Waals surface area contributed by atoms with Gasteiger partial charge in [-0.3, -0.25) is 4.79 Å². The normalized spacial score (nSPS) is 14.7. The van der Waals surface area contributed by atoms with Gasteiger partial charge in [-0.05, 0) is 23.1 Å². The van der Waals surface area contributed by atoms with Crippen LogP contribution in [0, 0.1) is 0 Å². The maximum absolute atomic E-state index is 11.8. The summed E-state index contributed by atoms with van der Waals surface area (Å²) < 4.78 is 4.58. The van der Waals surface area contributed by atoms with Crippen LogP contribution in [0.2, 0.25) is 0 Å². The van der Waals surface area contributed by atoms with E-state index in [2.05, 4.69) is 36.1 Å². The summed E-state index contributed by atoms with van der Waals surface area (Å²) in [4.78, 5) is 35.3. The fourth-order valence-electron chi connectivity index (χ4n) is 2.11. The zero-order chi connectivity index (χ0) is 17.0. The number of hydrogen-bond donors (Lipinski definition) is 2. The number of rotatable bonds is 4. The maximum atomic E-state index is 11.8. The van der Waals surface area contributed by atoms with Crippen molar-refractivity contribution >= 4 is 23.7 Å². The number of anilines is 1. The van der Waals surface area contributed by atoms with E-state index in [1.165, 1.54) is 5.56 Å². The lowest BCUT2D eigenvalue weighted by atomic mass is 9.87. The largest absolute Gasteiger partial charge is 0.439 e. The number of imide groups is 1. The average molecular weight is 319 g/mol. The summed E-state index contributed by atoms with van der Waals surface area (Å²) in [6.07, 6.45) is -0.671. The van der Waals surface area contributed by atoms with Crippen molar-refractivity contribution in [1.82, 2.24) is 10.2 Å². The second-order valence-corrected chi connectivity index (χ2v) is 6.31. The van der Waals surface area contributed by atoms with Crippen LogP contribution in [0.5, 0.6) is 0 Å². The smallest absolute Gasteiger partial charge is 0.417 e. The standard InChI is InChI=1S/C16H21N3O4/c1-16(2,3)11-4-6-12(7-5-11)18-14(21)17-8-9-19-13(20)10-23-15(19)22/h4-7H,8-10H2,1-3H3,(H2,17,18,21). The maximum Gasteiger partial charge on any atom is 0.417 e. The molecule has 1 aliphatic heterocycles. The van der Waals surface area contributed by atoms with Crippen molar-refractivity contribution in [2.24, 2.45) is 0 Å². The molecule has 0 radical (unpaired) electrons. The number of carbonyl (C=O) groups is 3. The van der Waals surface area contributed by atoms with Crippen LogP contribution in [-0.4, -0.2) is 42.6 Å².